The van der Waals surface area contributed by atoms with Crippen LogP contribution in [0.25, 0.3) is 0 Å². The van der Waals surface area contributed by atoms with Crippen LogP contribution in [0.1, 0.15) is 52.4 Å². The van der Waals surface area contributed by atoms with Crippen LogP contribution >= 0.6 is 0 Å². The van der Waals surface area contributed by atoms with Crippen LogP contribution in [0.5, 0.6) is 0 Å². The normalized spacial score (nSPS) is 23.0. The van der Waals surface area contributed by atoms with E-state index < -0.39 is 0 Å². The Bertz CT molecular complexity index is 197. The lowest BCUT2D eigenvalue weighted by atomic mass is 10.0. The van der Waals surface area contributed by atoms with Gasteiger partial charge in [-0.2, -0.15) is 0 Å². The standard InChI is InChI=1S/C13H24O3/c1-11(6-7-12(2)14)8-10-16-13-5-3-4-9-15-13/h11,13H,3-10H2,1-2H3. The van der Waals surface area contributed by atoms with Crippen LogP contribution < -0.4 is 0 Å². The Balaban J connectivity index is 1.98. The van der Waals surface area contributed by atoms with E-state index >= 15 is 0 Å². The molecule has 3 nitrogen and oxygen atoms in total. The van der Waals surface area contributed by atoms with E-state index in [1.165, 1.54) is 6.42 Å². The van der Waals surface area contributed by atoms with E-state index in [1.807, 2.05) is 0 Å². The maximum Gasteiger partial charge on any atom is 0.157 e. The van der Waals surface area contributed by atoms with Gasteiger partial charge in [-0.25, -0.2) is 0 Å². The van der Waals surface area contributed by atoms with Gasteiger partial charge >= 0.3 is 0 Å². The molecule has 0 aromatic heterocycles. The third-order valence-corrected chi connectivity index (χ3v) is 3.04. The number of rotatable bonds is 7. The zero-order chi connectivity index (χ0) is 11.8. The van der Waals surface area contributed by atoms with Crippen molar-refractivity contribution in [3.8, 4) is 0 Å². The van der Waals surface area contributed by atoms with Gasteiger partial charge in [0.2, 0.25) is 0 Å². The monoisotopic (exact) mass is 228 g/mol. The van der Waals surface area contributed by atoms with Crippen LogP contribution in [0.15, 0.2) is 0 Å². The highest BCUT2D eigenvalue weighted by Gasteiger charge is 2.14. The number of Topliss-reactive ketones (excluding diaryl/α,β-unsaturated/α-hetero) is 1. The van der Waals surface area contributed by atoms with E-state index in [4.69, 9.17) is 9.47 Å². The van der Waals surface area contributed by atoms with Crippen molar-refractivity contribution >= 4 is 5.78 Å². The Hall–Kier alpha value is -0.410. The van der Waals surface area contributed by atoms with Crippen molar-refractivity contribution < 1.29 is 14.3 Å². The molecule has 1 fully saturated rings. The molecular formula is C13H24O3. The molecule has 0 N–H and O–H groups in total. The van der Waals surface area contributed by atoms with Gasteiger partial charge in [0.15, 0.2) is 6.29 Å². The Kier molecular flexibility index (Phi) is 6.65. The smallest absolute Gasteiger partial charge is 0.157 e. The molecular weight excluding hydrogens is 204 g/mol. The number of carbonyl (C=O) groups is 1. The number of carbonyl (C=O) groups excluding carboxylic acids is 1. The minimum absolute atomic E-state index is 0.0220. The molecule has 94 valence electrons. The molecule has 1 rings (SSSR count). The van der Waals surface area contributed by atoms with Gasteiger partial charge < -0.3 is 14.3 Å². The maximum atomic E-state index is 10.8. The molecule has 2 atom stereocenters. The predicted octanol–water partition coefficient (Wildman–Crippen LogP) is 2.93. The lowest BCUT2D eigenvalue weighted by molar-refractivity contribution is -0.164. The summed E-state index contributed by atoms with van der Waals surface area (Å²) in [5.41, 5.74) is 0. The summed E-state index contributed by atoms with van der Waals surface area (Å²) in [5, 5.41) is 0. The number of ketones is 1. The summed E-state index contributed by atoms with van der Waals surface area (Å²) in [5.74, 6) is 0.843. The molecule has 0 amide bonds. The van der Waals surface area contributed by atoms with Gasteiger partial charge in [0.25, 0.3) is 0 Å². The molecule has 1 aliphatic heterocycles. The second kappa shape index (κ2) is 7.80. The second-order valence-corrected chi connectivity index (χ2v) is 4.80. The number of ether oxygens (including phenoxy) is 2. The van der Waals surface area contributed by atoms with Gasteiger partial charge in [-0.15, -0.1) is 0 Å². The van der Waals surface area contributed by atoms with E-state index in [0.717, 1.165) is 38.9 Å². The Labute approximate surface area is 98.5 Å². The average molecular weight is 228 g/mol. The van der Waals surface area contributed by atoms with E-state index in [0.29, 0.717) is 12.3 Å². The van der Waals surface area contributed by atoms with Crippen LogP contribution in [0, 0.1) is 5.92 Å². The molecule has 3 heteroatoms. The number of hydrogen-bond donors (Lipinski definition) is 0. The third-order valence-electron chi connectivity index (χ3n) is 3.04. The summed E-state index contributed by atoms with van der Waals surface area (Å²) in [6.45, 7) is 5.42. The van der Waals surface area contributed by atoms with E-state index in [1.54, 1.807) is 6.92 Å². The van der Waals surface area contributed by atoms with Crippen molar-refractivity contribution in [3.05, 3.63) is 0 Å². The molecule has 1 saturated heterocycles. The highest BCUT2D eigenvalue weighted by molar-refractivity contribution is 5.75. The lowest BCUT2D eigenvalue weighted by Gasteiger charge is -2.23. The second-order valence-electron chi connectivity index (χ2n) is 4.80. The Morgan fingerprint density at radius 1 is 1.44 bits per heavy atom. The van der Waals surface area contributed by atoms with Crippen LogP contribution in [-0.4, -0.2) is 25.3 Å². The summed E-state index contributed by atoms with van der Waals surface area (Å²) >= 11 is 0. The Morgan fingerprint density at radius 3 is 2.88 bits per heavy atom. The minimum Gasteiger partial charge on any atom is -0.353 e. The molecule has 0 aromatic carbocycles. The lowest BCUT2D eigenvalue weighted by Crippen LogP contribution is -2.23. The zero-order valence-corrected chi connectivity index (χ0v) is 10.5. The number of hydrogen-bond acceptors (Lipinski definition) is 3. The summed E-state index contributed by atoms with van der Waals surface area (Å²) in [4.78, 5) is 10.8. The summed E-state index contributed by atoms with van der Waals surface area (Å²) in [6, 6.07) is 0. The van der Waals surface area contributed by atoms with Gasteiger partial charge in [-0.3, -0.25) is 0 Å². The summed E-state index contributed by atoms with van der Waals surface area (Å²) in [7, 11) is 0. The van der Waals surface area contributed by atoms with E-state index in [2.05, 4.69) is 6.92 Å². The van der Waals surface area contributed by atoms with E-state index in [9.17, 15) is 4.79 Å². The molecule has 0 radical (unpaired) electrons. The molecule has 0 aliphatic carbocycles. The van der Waals surface area contributed by atoms with Gasteiger partial charge in [0.1, 0.15) is 5.78 Å². The molecule has 2 unspecified atom stereocenters. The first kappa shape index (κ1) is 13.7. The largest absolute Gasteiger partial charge is 0.353 e. The van der Waals surface area contributed by atoms with Crippen LogP contribution in [0.3, 0.4) is 0 Å². The predicted molar refractivity (Wildman–Crippen MR) is 63.2 cm³/mol. The van der Waals surface area contributed by atoms with Crippen molar-refractivity contribution in [2.45, 2.75) is 58.7 Å². The van der Waals surface area contributed by atoms with Gasteiger partial charge in [0.05, 0.1) is 0 Å². The molecule has 0 aromatic rings. The SMILES string of the molecule is CC(=O)CCC(C)CCOC1CCCCO1. The van der Waals surface area contributed by atoms with Gasteiger partial charge in [-0.05, 0) is 44.9 Å². The quantitative estimate of drug-likeness (QED) is 0.672. The van der Waals surface area contributed by atoms with E-state index in [-0.39, 0.29) is 12.1 Å². The topological polar surface area (TPSA) is 35.5 Å². The highest BCUT2D eigenvalue weighted by atomic mass is 16.7. The fourth-order valence-corrected chi connectivity index (χ4v) is 1.84. The fourth-order valence-electron chi connectivity index (χ4n) is 1.84. The molecule has 16 heavy (non-hydrogen) atoms. The van der Waals surface area contributed by atoms with Crippen molar-refractivity contribution in [1.29, 1.82) is 0 Å². The molecule has 1 aliphatic rings. The molecule has 0 saturated carbocycles. The summed E-state index contributed by atoms with van der Waals surface area (Å²) in [6.07, 6.45) is 6.12. The molecule has 0 bridgehead atoms. The summed E-state index contributed by atoms with van der Waals surface area (Å²) < 4.78 is 11.1. The van der Waals surface area contributed by atoms with Gasteiger partial charge in [0, 0.05) is 19.6 Å². The van der Waals surface area contributed by atoms with Crippen molar-refractivity contribution in [1.82, 2.24) is 0 Å². The van der Waals surface area contributed by atoms with Crippen molar-refractivity contribution in [2.24, 2.45) is 5.92 Å². The van der Waals surface area contributed by atoms with Crippen LogP contribution in [0.4, 0.5) is 0 Å². The van der Waals surface area contributed by atoms with Crippen molar-refractivity contribution in [2.75, 3.05) is 13.2 Å². The fraction of sp³-hybridized carbons (Fsp3) is 0.923. The first-order valence-electron chi connectivity index (χ1n) is 6.41. The Morgan fingerprint density at radius 2 is 2.25 bits per heavy atom. The highest BCUT2D eigenvalue weighted by Crippen LogP contribution is 2.16. The van der Waals surface area contributed by atoms with Crippen LogP contribution in [-0.2, 0) is 14.3 Å². The minimum atomic E-state index is 0.0220. The first-order chi connectivity index (χ1) is 7.68. The molecule has 0 spiro atoms. The maximum absolute atomic E-state index is 10.8. The van der Waals surface area contributed by atoms with Crippen LogP contribution in [0.2, 0.25) is 0 Å². The molecule has 1 heterocycles. The van der Waals surface area contributed by atoms with Gasteiger partial charge in [-0.1, -0.05) is 6.92 Å². The first-order valence-corrected chi connectivity index (χ1v) is 6.41. The zero-order valence-electron chi connectivity index (χ0n) is 10.5. The third kappa shape index (κ3) is 6.23. The van der Waals surface area contributed by atoms with Crippen molar-refractivity contribution in [3.63, 3.8) is 0 Å². The average Bonchev–Trinajstić information content (AvgIpc) is 2.28.